The predicted molar refractivity (Wildman–Crippen MR) is 102 cm³/mol. The highest BCUT2D eigenvalue weighted by atomic mass is 16.5. The quantitative estimate of drug-likeness (QED) is 0.789. The van der Waals surface area contributed by atoms with Gasteiger partial charge in [-0.1, -0.05) is 17.3 Å². The smallest absolute Gasteiger partial charge is 0.274 e. The number of methoxy groups -OCH3 is 1. The van der Waals surface area contributed by atoms with Gasteiger partial charge in [-0.2, -0.15) is 0 Å². The van der Waals surface area contributed by atoms with Gasteiger partial charge in [0, 0.05) is 6.54 Å². The molecule has 148 valence electrons. The highest BCUT2D eigenvalue weighted by Crippen LogP contribution is 2.31. The lowest BCUT2D eigenvalue weighted by Gasteiger charge is -2.22. The molecule has 1 aromatic heterocycles. The molecule has 0 saturated carbocycles. The second-order valence-electron chi connectivity index (χ2n) is 7.04. The van der Waals surface area contributed by atoms with Crippen molar-refractivity contribution in [3.63, 3.8) is 0 Å². The summed E-state index contributed by atoms with van der Waals surface area (Å²) in [6.07, 6.45) is 4.12. The first-order valence-electron chi connectivity index (χ1n) is 9.55. The van der Waals surface area contributed by atoms with E-state index in [9.17, 15) is 9.59 Å². The molecule has 1 aromatic carbocycles. The van der Waals surface area contributed by atoms with E-state index in [1.807, 2.05) is 24.3 Å². The van der Waals surface area contributed by atoms with Gasteiger partial charge in [0.15, 0.2) is 5.69 Å². The fourth-order valence-corrected chi connectivity index (χ4v) is 3.77. The number of nitrogens with zero attached hydrogens (tertiary/aromatic N) is 4. The molecule has 9 nitrogen and oxygen atoms in total. The second kappa shape index (κ2) is 7.97. The van der Waals surface area contributed by atoms with Crippen molar-refractivity contribution in [2.24, 2.45) is 0 Å². The Balaban J connectivity index is 1.41. The van der Waals surface area contributed by atoms with Crippen LogP contribution in [0.1, 0.15) is 35.8 Å². The van der Waals surface area contributed by atoms with Crippen LogP contribution in [0.5, 0.6) is 5.75 Å². The second-order valence-corrected chi connectivity index (χ2v) is 7.04. The average molecular weight is 384 g/mol. The van der Waals surface area contributed by atoms with Gasteiger partial charge in [-0.25, -0.2) is 4.68 Å². The summed E-state index contributed by atoms with van der Waals surface area (Å²) in [5.74, 6) is 0.108. The van der Waals surface area contributed by atoms with E-state index in [1.165, 1.54) is 0 Å². The topological polar surface area (TPSA) is 101 Å². The zero-order valence-electron chi connectivity index (χ0n) is 15.8. The maximum atomic E-state index is 12.8. The highest BCUT2D eigenvalue weighted by Gasteiger charge is 2.35. The summed E-state index contributed by atoms with van der Waals surface area (Å²) in [4.78, 5) is 27.0. The molecular formula is C19H24N6O3. The monoisotopic (exact) mass is 384 g/mol. The molecule has 2 aromatic rings. The van der Waals surface area contributed by atoms with Crippen molar-refractivity contribution in [2.75, 3.05) is 31.6 Å². The number of hydrogen-bond acceptors (Lipinski definition) is 6. The lowest BCUT2D eigenvalue weighted by atomic mass is 10.1. The average Bonchev–Trinajstić information content (AvgIpc) is 3.36. The number of piperidine rings is 1. The van der Waals surface area contributed by atoms with Crippen molar-refractivity contribution >= 4 is 17.5 Å². The molecule has 2 amide bonds. The predicted octanol–water partition coefficient (Wildman–Crippen LogP) is 0.746. The van der Waals surface area contributed by atoms with Crippen LogP contribution in [0, 0.1) is 0 Å². The summed E-state index contributed by atoms with van der Waals surface area (Å²) >= 11 is 0. The van der Waals surface area contributed by atoms with Crippen molar-refractivity contribution in [2.45, 2.75) is 31.3 Å². The van der Waals surface area contributed by atoms with Crippen molar-refractivity contribution in [3.8, 4) is 5.75 Å². The minimum atomic E-state index is -0.582. The maximum absolute atomic E-state index is 12.8. The van der Waals surface area contributed by atoms with Crippen molar-refractivity contribution in [1.29, 1.82) is 0 Å². The maximum Gasteiger partial charge on any atom is 0.274 e. The first kappa shape index (κ1) is 18.4. The summed E-state index contributed by atoms with van der Waals surface area (Å²) < 4.78 is 7.10. The molecule has 1 unspecified atom stereocenters. The van der Waals surface area contributed by atoms with Gasteiger partial charge in [0.1, 0.15) is 11.8 Å². The standard InChI is InChI=1S/C19H24N6O3/c1-28-17-5-3-2-4-16(17)24-11-8-14(19(24)27)21-18(26)15-12-25(23-22-15)13-6-9-20-10-7-13/h2-5,12-14,20H,6-11H2,1H3,(H,21,26). The summed E-state index contributed by atoms with van der Waals surface area (Å²) in [5, 5.41) is 14.2. The Morgan fingerprint density at radius 1 is 1.25 bits per heavy atom. The SMILES string of the molecule is COc1ccccc1N1CCC(NC(=O)c2cn(C3CCNCC3)nn2)C1=O. The summed E-state index contributed by atoms with van der Waals surface area (Å²) in [6.45, 7) is 2.38. The van der Waals surface area contributed by atoms with Gasteiger partial charge in [-0.15, -0.1) is 5.10 Å². The number of anilines is 1. The molecule has 2 aliphatic heterocycles. The van der Waals surface area contributed by atoms with Crippen LogP contribution in [-0.4, -0.2) is 59.6 Å². The van der Waals surface area contributed by atoms with E-state index in [4.69, 9.17) is 4.74 Å². The molecule has 0 bridgehead atoms. The van der Waals surface area contributed by atoms with E-state index in [0.717, 1.165) is 25.9 Å². The molecule has 0 aliphatic carbocycles. The van der Waals surface area contributed by atoms with Crippen LogP contribution in [-0.2, 0) is 4.79 Å². The Morgan fingerprint density at radius 2 is 2.04 bits per heavy atom. The largest absolute Gasteiger partial charge is 0.495 e. The Kier molecular flexibility index (Phi) is 5.25. The van der Waals surface area contributed by atoms with Gasteiger partial charge in [0.05, 0.1) is 25.0 Å². The minimum Gasteiger partial charge on any atom is -0.495 e. The number of benzene rings is 1. The molecule has 2 saturated heterocycles. The van der Waals surface area contributed by atoms with E-state index in [0.29, 0.717) is 24.4 Å². The van der Waals surface area contributed by atoms with Crippen LogP contribution in [0.25, 0.3) is 0 Å². The normalized spacial score (nSPS) is 20.4. The first-order valence-corrected chi connectivity index (χ1v) is 9.55. The number of carbonyl (C=O) groups is 2. The first-order chi connectivity index (χ1) is 13.7. The molecule has 28 heavy (non-hydrogen) atoms. The number of ether oxygens (including phenoxy) is 1. The number of nitrogens with one attached hydrogen (secondary N) is 2. The van der Waals surface area contributed by atoms with Crippen LogP contribution in [0.2, 0.25) is 0 Å². The summed E-state index contributed by atoms with van der Waals surface area (Å²) in [6, 6.07) is 7.04. The number of hydrogen-bond donors (Lipinski definition) is 2. The van der Waals surface area contributed by atoms with Gasteiger partial charge < -0.3 is 20.3 Å². The lowest BCUT2D eigenvalue weighted by molar-refractivity contribution is -0.118. The number of para-hydroxylation sites is 2. The fraction of sp³-hybridized carbons (Fsp3) is 0.474. The number of amides is 2. The van der Waals surface area contributed by atoms with Crippen molar-refractivity contribution < 1.29 is 14.3 Å². The molecule has 2 aliphatic rings. The van der Waals surface area contributed by atoms with Crippen LogP contribution in [0.3, 0.4) is 0 Å². The molecule has 3 heterocycles. The zero-order chi connectivity index (χ0) is 19.5. The van der Waals surface area contributed by atoms with E-state index in [2.05, 4.69) is 20.9 Å². The Hall–Kier alpha value is -2.94. The summed E-state index contributed by atoms with van der Waals surface area (Å²) in [7, 11) is 1.57. The van der Waals surface area contributed by atoms with Crippen LogP contribution >= 0.6 is 0 Å². The Bertz CT molecular complexity index is 861. The molecule has 2 N–H and O–H groups in total. The van der Waals surface area contributed by atoms with E-state index in [-0.39, 0.29) is 23.6 Å². The molecule has 0 radical (unpaired) electrons. The molecule has 2 fully saturated rings. The van der Waals surface area contributed by atoms with Gasteiger partial charge in [0.25, 0.3) is 5.91 Å². The van der Waals surface area contributed by atoms with Crippen LogP contribution in [0.15, 0.2) is 30.5 Å². The Labute approximate surface area is 163 Å². The molecule has 1 atom stereocenters. The Morgan fingerprint density at radius 3 is 2.82 bits per heavy atom. The third kappa shape index (κ3) is 3.57. The third-order valence-electron chi connectivity index (χ3n) is 5.31. The molecule has 0 spiro atoms. The number of rotatable bonds is 5. The molecule has 4 rings (SSSR count). The minimum absolute atomic E-state index is 0.149. The van der Waals surface area contributed by atoms with Crippen molar-refractivity contribution in [1.82, 2.24) is 25.6 Å². The molecular weight excluding hydrogens is 360 g/mol. The van der Waals surface area contributed by atoms with Crippen LogP contribution in [0.4, 0.5) is 5.69 Å². The number of aromatic nitrogens is 3. The van der Waals surface area contributed by atoms with E-state index >= 15 is 0 Å². The fourth-order valence-electron chi connectivity index (χ4n) is 3.77. The summed E-state index contributed by atoms with van der Waals surface area (Å²) in [5.41, 5.74) is 0.950. The van der Waals surface area contributed by atoms with Gasteiger partial charge in [-0.05, 0) is 44.5 Å². The highest BCUT2D eigenvalue weighted by molar-refractivity contribution is 6.04. The van der Waals surface area contributed by atoms with Crippen LogP contribution < -0.4 is 20.3 Å². The lowest BCUT2D eigenvalue weighted by Crippen LogP contribution is -2.41. The van der Waals surface area contributed by atoms with Gasteiger partial charge in [-0.3, -0.25) is 9.59 Å². The van der Waals surface area contributed by atoms with E-state index in [1.54, 1.807) is 22.9 Å². The zero-order valence-corrected chi connectivity index (χ0v) is 15.8. The number of carbonyl (C=O) groups excluding carboxylic acids is 2. The van der Waals surface area contributed by atoms with Gasteiger partial charge >= 0.3 is 0 Å². The van der Waals surface area contributed by atoms with Crippen molar-refractivity contribution in [3.05, 3.63) is 36.2 Å². The van der Waals surface area contributed by atoms with Gasteiger partial charge in [0.2, 0.25) is 5.91 Å². The third-order valence-corrected chi connectivity index (χ3v) is 5.31. The van der Waals surface area contributed by atoms with E-state index < -0.39 is 6.04 Å². The molecule has 9 heteroatoms.